The quantitative estimate of drug-likeness (QED) is 0.669. The van der Waals surface area contributed by atoms with Crippen molar-refractivity contribution in [2.45, 2.75) is 37.3 Å². The molecule has 4 nitrogen and oxygen atoms in total. The van der Waals surface area contributed by atoms with Gasteiger partial charge in [0.15, 0.2) is 0 Å². The zero-order valence-electron chi connectivity index (χ0n) is 12.8. The van der Waals surface area contributed by atoms with Gasteiger partial charge in [0, 0.05) is 23.3 Å². The molecule has 21 heavy (non-hydrogen) atoms. The average molecular weight is 284 g/mol. The van der Waals surface area contributed by atoms with Crippen molar-refractivity contribution in [1.82, 2.24) is 15.3 Å². The summed E-state index contributed by atoms with van der Waals surface area (Å²) in [4.78, 5) is 6.65. The fourth-order valence-electron chi connectivity index (χ4n) is 3.90. The zero-order chi connectivity index (χ0) is 14.9. The second kappa shape index (κ2) is 5.72. The highest BCUT2D eigenvalue weighted by Crippen LogP contribution is 2.44. The molecule has 0 bridgehead atoms. The number of benzene rings is 1. The molecule has 3 N–H and O–H groups in total. The van der Waals surface area contributed by atoms with Gasteiger partial charge in [-0.15, -0.1) is 0 Å². The lowest BCUT2D eigenvalue weighted by Gasteiger charge is -2.43. The Hall–Kier alpha value is -1.49. The molecule has 0 saturated heterocycles. The number of hydrogen-bond acceptors (Lipinski definition) is 4. The molecule has 4 heteroatoms. The van der Waals surface area contributed by atoms with Crippen LogP contribution >= 0.6 is 0 Å². The van der Waals surface area contributed by atoms with Crippen LogP contribution in [0.25, 0.3) is 10.8 Å². The van der Waals surface area contributed by atoms with E-state index in [0.29, 0.717) is 0 Å². The van der Waals surface area contributed by atoms with Crippen molar-refractivity contribution in [3.8, 4) is 0 Å². The monoisotopic (exact) mass is 284 g/mol. The van der Waals surface area contributed by atoms with E-state index in [2.05, 4.69) is 53.7 Å². The van der Waals surface area contributed by atoms with Crippen LogP contribution in [0.15, 0.2) is 36.7 Å². The van der Waals surface area contributed by atoms with Crippen LogP contribution in [0.2, 0.25) is 0 Å². The Labute approximate surface area is 126 Å². The zero-order valence-corrected chi connectivity index (χ0v) is 12.8. The molecule has 1 fully saturated rings. The van der Waals surface area contributed by atoms with Gasteiger partial charge in [0.2, 0.25) is 0 Å². The minimum absolute atomic E-state index is 0.0822. The fourth-order valence-corrected chi connectivity index (χ4v) is 3.90. The summed E-state index contributed by atoms with van der Waals surface area (Å²) in [7, 11) is 4.33. The molecule has 1 saturated carbocycles. The maximum absolute atomic E-state index is 6.00. The Kier molecular flexibility index (Phi) is 3.93. The molecule has 3 rings (SSSR count). The van der Waals surface area contributed by atoms with Gasteiger partial charge in [-0.05, 0) is 44.0 Å². The van der Waals surface area contributed by atoms with Gasteiger partial charge in [0.05, 0.1) is 6.04 Å². The summed E-state index contributed by atoms with van der Waals surface area (Å²) in [6, 6.07) is 8.59. The summed E-state index contributed by atoms with van der Waals surface area (Å²) in [6.45, 7) is 0. The number of hydrazine groups is 1. The normalized spacial score (nSPS) is 19.2. The molecule has 1 aliphatic carbocycles. The average Bonchev–Trinajstić information content (AvgIpc) is 2.99. The third-order valence-electron chi connectivity index (χ3n) is 5.09. The molecule has 112 valence electrons. The third kappa shape index (κ3) is 2.33. The maximum atomic E-state index is 6.00. The van der Waals surface area contributed by atoms with Crippen LogP contribution in [0, 0.1) is 0 Å². The second-order valence-electron chi connectivity index (χ2n) is 6.25. The molecule has 1 aromatic heterocycles. The molecule has 1 aliphatic rings. The molecule has 1 aromatic carbocycles. The number of nitrogens with one attached hydrogen (secondary N) is 1. The van der Waals surface area contributed by atoms with Crippen LogP contribution < -0.4 is 11.3 Å². The fraction of sp³-hybridized carbons (Fsp3) is 0.471. The Morgan fingerprint density at radius 1 is 1.24 bits per heavy atom. The summed E-state index contributed by atoms with van der Waals surface area (Å²) in [6.07, 6.45) is 8.66. The molecule has 0 amide bonds. The highest BCUT2D eigenvalue weighted by Gasteiger charge is 2.44. The summed E-state index contributed by atoms with van der Waals surface area (Å²) < 4.78 is 0. The first-order valence-electron chi connectivity index (χ1n) is 7.65. The molecule has 1 atom stereocenters. The van der Waals surface area contributed by atoms with Crippen molar-refractivity contribution in [2.24, 2.45) is 5.84 Å². The first-order chi connectivity index (χ1) is 10.2. The van der Waals surface area contributed by atoms with E-state index in [4.69, 9.17) is 5.84 Å². The molecule has 0 radical (unpaired) electrons. The molecular formula is C17H24N4. The number of aromatic nitrogens is 1. The van der Waals surface area contributed by atoms with Crippen LogP contribution in [0.4, 0.5) is 0 Å². The molecule has 1 unspecified atom stereocenters. The summed E-state index contributed by atoms with van der Waals surface area (Å²) >= 11 is 0. The molecular weight excluding hydrogens is 260 g/mol. The van der Waals surface area contributed by atoms with Crippen molar-refractivity contribution in [3.05, 3.63) is 42.2 Å². The van der Waals surface area contributed by atoms with Gasteiger partial charge in [0.25, 0.3) is 0 Å². The number of hydrogen-bond donors (Lipinski definition) is 2. The van der Waals surface area contributed by atoms with E-state index in [9.17, 15) is 0 Å². The first kappa shape index (κ1) is 14.4. The summed E-state index contributed by atoms with van der Waals surface area (Å²) in [5.74, 6) is 6.00. The first-order valence-corrected chi connectivity index (χ1v) is 7.65. The topological polar surface area (TPSA) is 54.2 Å². The molecule has 0 spiro atoms. The number of fused-ring (bicyclic) bond motifs is 1. The Morgan fingerprint density at radius 3 is 2.67 bits per heavy atom. The SMILES string of the molecule is CN(C)C1(C(NN)c2cccc3ccncc23)CCCC1. The predicted molar refractivity (Wildman–Crippen MR) is 86.7 cm³/mol. The van der Waals surface area contributed by atoms with Gasteiger partial charge in [-0.25, -0.2) is 0 Å². The Morgan fingerprint density at radius 2 is 2.00 bits per heavy atom. The van der Waals surface area contributed by atoms with Gasteiger partial charge < -0.3 is 4.90 Å². The lowest BCUT2D eigenvalue weighted by atomic mass is 9.81. The van der Waals surface area contributed by atoms with Gasteiger partial charge in [-0.2, -0.15) is 0 Å². The van der Waals surface area contributed by atoms with Gasteiger partial charge in [-0.3, -0.25) is 16.3 Å². The number of nitrogens with zero attached hydrogens (tertiary/aromatic N) is 2. The number of rotatable bonds is 4. The van der Waals surface area contributed by atoms with Crippen molar-refractivity contribution in [1.29, 1.82) is 0 Å². The smallest absolute Gasteiger partial charge is 0.0650 e. The second-order valence-corrected chi connectivity index (χ2v) is 6.25. The lowest BCUT2D eigenvalue weighted by Crippen LogP contribution is -2.53. The van der Waals surface area contributed by atoms with E-state index in [1.54, 1.807) is 0 Å². The van der Waals surface area contributed by atoms with Crippen LogP contribution in [0.3, 0.4) is 0 Å². The van der Waals surface area contributed by atoms with Crippen LogP contribution in [-0.4, -0.2) is 29.5 Å². The largest absolute Gasteiger partial charge is 0.302 e. The highest BCUT2D eigenvalue weighted by atomic mass is 15.3. The third-order valence-corrected chi connectivity index (χ3v) is 5.09. The molecule has 2 aromatic rings. The van der Waals surface area contributed by atoms with E-state index in [0.717, 1.165) is 0 Å². The Balaban J connectivity index is 2.14. The van der Waals surface area contributed by atoms with Crippen LogP contribution in [-0.2, 0) is 0 Å². The highest BCUT2D eigenvalue weighted by molar-refractivity contribution is 5.85. The van der Waals surface area contributed by atoms with Crippen molar-refractivity contribution in [2.75, 3.05) is 14.1 Å². The minimum Gasteiger partial charge on any atom is -0.302 e. The van der Waals surface area contributed by atoms with Crippen molar-refractivity contribution < 1.29 is 0 Å². The van der Waals surface area contributed by atoms with Crippen molar-refractivity contribution in [3.63, 3.8) is 0 Å². The van der Waals surface area contributed by atoms with Crippen LogP contribution in [0.5, 0.6) is 0 Å². The standard InChI is InChI=1S/C17H24N4/c1-21(2)17(9-3-4-10-17)16(20-18)14-7-5-6-13-8-11-19-12-15(13)14/h5-8,11-12,16,20H,3-4,9-10,18H2,1-2H3. The van der Waals surface area contributed by atoms with Gasteiger partial charge in [-0.1, -0.05) is 31.0 Å². The van der Waals surface area contributed by atoms with Gasteiger partial charge >= 0.3 is 0 Å². The molecule has 1 heterocycles. The lowest BCUT2D eigenvalue weighted by molar-refractivity contribution is 0.105. The van der Waals surface area contributed by atoms with E-state index >= 15 is 0 Å². The van der Waals surface area contributed by atoms with E-state index < -0.39 is 0 Å². The minimum atomic E-state index is 0.0822. The van der Waals surface area contributed by atoms with E-state index in [1.807, 2.05) is 12.4 Å². The van der Waals surface area contributed by atoms with Crippen molar-refractivity contribution >= 4 is 10.8 Å². The van der Waals surface area contributed by atoms with Crippen LogP contribution in [0.1, 0.15) is 37.3 Å². The van der Waals surface area contributed by atoms with E-state index in [1.165, 1.54) is 42.0 Å². The predicted octanol–water partition coefficient (Wildman–Crippen LogP) is 2.61. The number of nitrogens with two attached hydrogens (primary N) is 1. The maximum Gasteiger partial charge on any atom is 0.0650 e. The number of likely N-dealkylation sites (N-methyl/N-ethyl adjacent to an activating group) is 1. The summed E-state index contributed by atoms with van der Waals surface area (Å²) in [5, 5.41) is 2.41. The molecule has 0 aliphatic heterocycles. The summed E-state index contributed by atoms with van der Waals surface area (Å²) in [5.41, 5.74) is 4.44. The number of pyridine rings is 1. The Bertz CT molecular complexity index is 612. The van der Waals surface area contributed by atoms with E-state index in [-0.39, 0.29) is 11.6 Å². The van der Waals surface area contributed by atoms with Gasteiger partial charge in [0.1, 0.15) is 0 Å².